The van der Waals surface area contributed by atoms with E-state index in [2.05, 4.69) is 0 Å². The van der Waals surface area contributed by atoms with Crippen LogP contribution in [0.5, 0.6) is 11.5 Å². The second kappa shape index (κ2) is 6.67. The second-order valence-electron chi connectivity index (χ2n) is 6.07. The van der Waals surface area contributed by atoms with Crippen molar-refractivity contribution >= 4 is 10.0 Å². The van der Waals surface area contributed by atoms with Gasteiger partial charge in [-0.3, -0.25) is 0 Å². The smallest absolute Gasteiger partial charge is 0.246 e. The molecule has 0 amide bonds. The molecule has 6 nitrogen and oxygen atoms in total. The highest BCUT2D eigenvalue weighted by Gasteiger charge is 2.35. The van der Waals surface area contributed by atoms with Crippen molar-refractivity contribution in [1.82, 2.24) is 4.31 Å². The molecular weight excluding hydrogens is 318 g/mol. The highest BCUT2D eigenvalue weighted by atomic mass is 32.2. The Balaban J connectivity index is 1.75. The van der Waals surface area contributed by atoms with Gasteiger partial charge in [0.05, 0.1) is 20.3 Å². The summed E-state index contributed by atoms with van der Waals surface area (Å²) in [6.07, 6.45) is 3.19. The highest BCUT2D eigenvalue weighted by molar-refractivity contribution is 7.89. The van der Waals surface area contributed by atoms with E-state index in [9.17, 15) is 8.42 Å². The van der Waals surface area contributed by atoms with Gasteiger partial charge in [-0.25, -0.2) is 8.42 Å². The minimum absolute atomic E-state index is 0.0121. The molecule has 0 bridgehead atoms. The minimum atomic E-state index is -3.62. The van der Waals surface area contributed by atoms with Crippen LogP contribution in [-0.2, 0) is 14.8 Å². The molecule has 1 heterocycles. The van der Waals surface area contributed by atoms with Crippen LogP contribution in [0.1, 0.15) is 19.3 Å². The zero-order valence-corrected chi connectivity index (χ0v) is 14.3. The van der Waals surface area contributed by atoms with E-state index in [1.165, 1.54) is 37.4 Å². The summed E-state index contributed by atoms with van der Waals surface area (Å²) in [5.74, 6) is 1.50. The van der Waals surface area contributed by atoms with Crippen molar-refractivity contribution in [1.29, 1.82) is 0 Å². The summed E-state index contributed by atoms with van der Waals surface area (Å²) in [5.41, 5.74) is 0. The predicted molar refractivity (Wildman–Crippen MR) is 85.4 cm³/mol. The number of hydrogen-bond acceptors (Lipinski definition) is 5. The van der Waals surface area contributed by atoms with E-state index >= 15 is 0 Å². The Morgan fingerprint density at radius 2 is 1.96 bits per heavy atom. The molecule has 1 saturated heterocycles. The summed E-state index contributed by atoms with van der Waals surface area (Å²) in [7, 11) is -0.647. The Morgan fingerprint density at radius 1 is 1.17 bits per heavy atom. The van der Waals surface area contributed by atoms with Crippen LogP contribution in [-0.4, -0.2) is 52.7 Å². The molecule has 1 aliphatic carbocycles. The van der Waals surface area contributed by atoms with Crippen LogP contribution in [0.4, 0.5) is 0 Å². The van der Waals surface area contributed by atoms with Crippen LogP contribution in [0.3, 0.4) is 0 Å². The molecule has 0 spiro atoms. The van der Waals surface area contributed by atoms with Gasteiger partial charge in [0.2, 0.25) is 10.0 Å². The molecule has 1 aromatic rings. The van der Waals surface area contributed by atoms with E-state index < -0.39 is 10.0 Å². The van der Waals surface area contributed by atoms with Gasteiger partial charge in [-0.1, -0.05) is 0 Å². The Labute approximate surface area is 137 Å². The Hall–Kier alpha value is -1.31. The molecule has 2 aliphatic rings. The van der Waals surface area contributed by atoms with E-state index in [4.69, 9.17) is 14.2 Å². The average molecular weight is 341 g/mol. The molecule has 0 N–H and O–H groups in total. The predicted octanol–water partition coefficient (Wildman–Crippen LogP) is 1.89. The summed E-state index contributed by atoms with van der Waals surface area (Å²) in [5, 5.41) is 0. The average Bonchev–Trinajstić information content (AvgIpc) is 3.27. The van der Waals surface area contributed by atoms with Crippen molar-refractivity contribution in [3.63, 3.8) is 0 Å². The quantitative estimate of drug-likeness (QED) is 0.758. The number of sulfonamides is 1. The number of methoxy groups -OCH3 is 2. The topological polar surface area (TPSA) is 65.1 Å². The van der Waals surface area contributed by atoms with Crippen molar-refractivity contribution in [2.75, 3.05) is 33.9 Å². The van der Waals surface area contributed by atoms with E-state index in [1.54, 1.807) is 12.1 Å². The molecule has 1 aliphatic heterocycles. The van der Waals surface area contributed by atoms with Crippen molar-refractivity contribution in [2.24, 2.45) is 5.92 Å². The first-order valence-corrected chi connectivity index (χ1v) is 9.32. The van der Waals surface area contributed by atoms with E-state index in [0.29, 0.717) is 30.5 Å². The van der Waals surface area contributed by atoms with Crippen molar-refractivity contribution in [2.45, 2.75) is 30.3 Å². The maximum atomic E-state index is 12.9. The van der Waals surface area contributed by atoms with Crippen LogP contribution < -0.4 is 9.47 Å². The molecule has 128 valence electrons. The maximum Gasteiger partial charge on any atom is 0.246 e. The maximum absolute atomic E-state index is 12.9. The number of benzene rings is 1. The van der Waals surface area contributed by atoms with Gasteiger partial charge in [0.15, 0.2) is 0 Å². The number of nitrogens with zero attached hydrogens (tertiary/aromatic N) is 1. The molecule has 3 rings (SSSR count). The first-order chi connectivity index (χ1) is 11.0. The van der Waals surface area contributed by atoms with Crippen LogP contribution in [0.25, 0.3) is 0 Å². The molecule has 1 atom stereocenters. The fourth-order valence-electron chi connectivity index (χ4n) is 2.73. The second-order valence-corrected chi connectivity index (χ2v) is 7.97. The van der Waals surface area contributed by atoms with Gasteiger partial charge in [0.25, 0.3) is 0 Å². The molecule has 7 heteroatoms. The molecule has 2 fully saturated rings. The van der Waals surface area contributed by atoms with E-state index in [0.717, 1.165) is 13.0 Å². The SMILES string of the molecule is COc1ccc(OC)c(S(=O)(=O)N2CCC(OCC3CC3)C2)c1. The zero-order chi connectivity index (χ0) is 16.4. The Bertz CT molecular complexity index is 656. The van der Waals surface area contributed by atoms with Gasteiger partial charge < -0.3 is 14.2 Å². The largest absolute Gasteiger partial charge is 0.497 e. The summed E-state index contributed by atoms with van der Waals surface area (Å²) >= 11 is 0. The normalized spacial score (nSPS) is 22.3. The molecule has 1 saturated carbocycles. The van der Waals surface area contributed by atoms with Gasteiger partial charge in [0, 0.05) is 25.8 Å². The Kier molecular flexibility index (Phi) is 4.79. The van der Waals surface area contributed by atoms with Gasteiger partial charge in [0.1, 0.15) is 16.4 Å². The standard InChI is InChI=1S/C16H23NO5S/c1-20-13-5-6-15(21-2)16(9-13)23(18,19)17-8-7-14(10-17)22-11-12-3-4-12/h5-6,9,12,14H,3-4,7-8,10-11H2,1-2H3. The van der Waals surface area contributed by atoms with Gasteiger partial charge in [-0.2, -0.15) is 4.31 Å². The number of ether oxygens (including phenoxy) is 3. The van der Waals surface area contributed by atoms with Crippen molar-refractivity contribution < 1.29 is 22.6 Å². The van der Waals surface area contributed by atoms with Crippen LogP contribution in [0, 0.1) is 5.92 Å². The summed E-state index contributed by atoms with van der Waals surface area (Å²) in [6, 6.07) is 4.80. The Morgan fingerprint density at radius 3 is 2.61 bits per heavy atom. The highest BCUT2D eigenvalue weighted by Crippen LogP contribution is 2.33. The monoisotopic (exact) mass is 341 g/mol. The lowest BCUT2D eigenvalue weighted by atomic mass is 10.3. The first kappa shape index (κ1) is 16.5. The lowest BCUT2D eigenvalue weighted by Gasteiger charge is -2.19. The first-order valence-electron chi connectivity index (χ1n) is 7.88. The van der Waals surface area contributed by atoms with Gasteiger partial charge >= 0.3 is 0 Å². The molecule has 1 aromatic carbocycles. The molecule has 23 heavy (non-hydrogen) atoms. The van der Waals surface area contributed by atoms with E-state index in [-0.39, 0.29) is 11.0 Å². The fourth-order valence-corrected chi connectivity index (χ4v) is 4.39. The summed E-state index contributed by atoms with van der Waals surface area (Å²) in [6.45, 7) is 1.62. The summed E-state index contributed by atoms with van der Waals surface area (Å²) < 4.78 is 43.5. The lowest BCUT2D eigenvalue weighted by Crippen LogP contribution is -2.30. The summed E-state index contributed by atoms with van der Waals surface area (Å²) in [4.78, 5) is 0.141. The lowest BCUT2D eigenvalue weighted by molar-refractivity contribution is 0.0561. The van der Waals surface area contributed by atoms with Gasteiger partial charge in [-0.15, -0.1) is 0 Å². The number of hydrogen-bond donors (Lipinski definition) is 0. The third-order valence-corrected chi connectivity index (χ3v) is 6.25. The van der Waals surface area contributed by atoms with Crippen LogP contribution in [0.2, 0.25) is 0 Å². The molecule has 1 unspecified atom stereocenters. The van der Waals surface area contributed by atoms with Crippen LogP contribution in [0.15, 0.2) is 23.1 Å². The molecule has 0 aromatic heterocycles. The minimum Gasteiger partial charge on any atom is -0.497 e. The zero-order valence-electron chi connectivity index (χ0n) is 13.5. The third-order valence-electron chi connectivity index (χ3n) is 4.36. The third kappa shape index (κ3) is 3.62. The molecule has 0 radical (unpaired) electrons. The van der Waals surface area contributed by atoms with Crippen molar-refractivity contribution in [3.8, 4) is 11.5 Å². The fraction of sp³-hybridized carbons (Fsp3) is 0.625. The van der Waals surface area contributed by atoms with Crippen molar-refractivity contribution in [3.05, 3.63) is 18.2 Å². The molecular formula is C16H23NO5S. The number of rotatable bonds is 7. The van der Waals surface area contributed by atoms with Gasteiger partial charge in [-0.05, 0) is 37.3 Å². The van der Waals surface area contributed by atoms with Crippen LogP contribution >= 0.6 is 0 Å². The van der Waals surface area contributed by atoms with E-state index in [1.807, 2.05) is 0 Å².